The summed E-state index contributed by atoms with van der Waals surface area (Å²) in [7, 11) is 1.47. The standard InChI is InChI=1S/C16H20ClF3N2O2S/c1-15(2,3)21-13(23)8-22(4)14(24)9-25-10-5-6-12(17)11(7-10)16(18,19)20/h5-7H,8-9H2,1-4H3,(H,21,23). The van der Waals surface area contributed by atoms with Gasteiger partial charge in [0, 0.05) is 17.5 Å². The van der Waals surface area contributed by atoms with Crippen LogP contribution < -0.4 is 5.32 Å². The highest BCUT2D eigenvalue weighted by Gasteiger charge is 2.33. The van der Waals surface area contributed by atoms with E-state index in [9.17, 15) is 22.8 Å². The maximum Gasteiger partial charge on any atom is 0.417 e. The predicted molar refractivity (Wildman–Crippen MR) is 92.7 cm³/mol. The van der Waals surface area contributed by atoms with Crippen molar-refractivity contribution in [3.8, 4) is 0 Å². The summed E-state index contributed by atoms with van der Waals surface area (Å²) >= 11 is 6.51. The van der Waals surface area contributed by atoms with E-state index in [1.807, 2.05) is 20.8 Å². The molecule has 0 unspecified atom stereocenters. The molecule has 0 heterocycles. The minimum atomic E-state index is -4.56. The summed E-state index contributed by atoms with van der Waals surface area (Å²) in [5.41, 5.74) is -1.35. The topological polar surface area (TPSA) is 49.4 Å². The van der Waals surface area contributed by atoms with Gasteiger partial charge in [0.2, 0.25) is 11.8 Å². The van der Waals surface area contributed by atoms with E-state index in [2.05, 4.69) is 5.32 Å². The van der Waals surface area contributed by atoms with Gasteiger partial charge < -0.3 is 10.2 Å². The molecule has 9 heteroatoms. The molecule has 0 aliphatic rings. The third kappa shape index (κ3) is 7.56. The molecule has 0 spiro atoms. The fourth-order valence-corrected chi connectivity index (χ4v) is 2.93. The fourth-order valence-electron chi connectivity index (χ4n) is 1.83. The van der Waals surface area contributed by atoms with Crippen molar-refractivity contribution in [1.82, 2.24) is 10.2 Å². The number of carbonyl (C=O) groups excluding carboxylic acids is 2. The molecular formula is C16H20ClF3N2O2S. The van der Waals surface area contributed by atoms with Crippen molar-refractivity contribution in [3.05, 3.63) is 28.8 Å². The first-order chi connectivity index (χ1) is 11.3. The van der Waals surface area contributed by atoms with Crippen LogP contribution in [0.25, 0.3) is 0 Å². The van der Waals surface area contributed by atoms with Crippen LogP contribution in [0.3, 0.4) is 0 Å². The number of rotatable bonds is 5. The maximum atomic E-state index is 12.8. The molecule has 0 aromatic heterocycles. The van der Waals surface area contributed by atoms with Gasteiger partial charge >= 0.3 is 6.18 Å². The Balaban J connectivity index is 2.63. The Kier molecular flexibility index (Phi) is 7.19. The third-order valence-electron chi connectivity index (χ3n) is 2.93. The molecule has 0 aliphatic carbocycles. The first-order valence-electron chi connectivity index (χ1n) is 7.34. The second-order valence-electron chi connectivity index (χ2n) is 6.48. The van der Waals surface area contributed by atoms with Gasteiger partial charge in [-0.25, -0.2) is 0 Å². The SMILES string of the molecule is CN(CC(=O)NC(C)(C)C)C(=O)CSc1ccc(Cl)c(C(F)(F)F)c1. The lowest BCUT2D eigenvalue weighted by Gasteiger charge is -2.23. The van der Waals surface area contributed by atoms with Crippen LogP contribution in [0, 0.1) is 0 Å². The number of benzene rings is 1. The van der Waals surface area contributed by atoms with Gasteiger partial charge in [0.25, 0.3) is 0 Å². The molecule has 0 saturated carbocycles. The van der Waals surface area contributed by atoms with Crippen LogP contribution in [0.5, 0.6) is 0 Å². The van der Waals surface area contributed by atoms with Crippen LogP contribution in [-0.4, -0.2) is 41.6 Å². The number of amides is 2. The minimum Gasteiger partial charge on any atom is -0.350 e. The van der Waals surface area contributed by atoms with E-state index in [-0.39, 0.29) is 34.0 Å². The minimum absolute atomic E-state index is 0.0851. The smallest absolute Gasteiger partial charge is 0.350 e. The van der Waals surface area contributed by atoms with Crippen molar-refractivity contribution in [1.29, 1.82) is 0 Å². The van der Waals surface area contributed by atoms with Gasteiger partial charge in [-0.2, -0.15) is 13.2 Å². The summed E-state index contributed by atoms with van der Waals surface area (Å²) < 4.78 is 38.5. The lowest BCUT2D eigenvalue weighted by Crippen LogP contribution is -2.46. The zero-order chi connectivity index (χ0) is 19.4. The summed E-state index contributed by atoms with van der Waals surface area (Å²) in [6, 6.07) is 3.48. The third-order valence-corrected chi connectivity index (χ3v) is 4.23. The molecule has 0 bridgehead atoms. The number of nitrogens with zero attached hydrogens (tertiary/aromatic N) is 1. The van der Waals surface area contributed by atoms with Crippen molar-refractivity contribution in [2.24, 2.45) is 0 Å². The number of hydrogen-bond acceptors (Lipinski definition) is 3. The number of thioether (sulfide) groups is 1. The zero-order valence-corrected chi connectivity index (χ0v) is 15.9. The normalized spacial score (nSPS) is 12.0. The molecule has 0 radical (unpaired) electrons. The summed E-state index contributed by atoms with van der Waals surface area (Å²) in [5, 5.41) is 2.34. The second-order valence-corrected chi connectivity index (χ2v) is 7.93. The first-order valence-corrected chi connectivity index (χ1v) is 8.70. The molecule has 0 aliphatic heterocycles. The van der Waals surface area contributed by atoms with E-state index in [0.717, 1.165) is 23.9 Å². The summed E-state index contributed by atoms with van der Waals surface area (Å²) in [6.45, 7) is 5.34. The van der Waals surface area contributed by atoms with E-state index in [1.54, 1.807) is 0 Å². The van der Waals surface area contributed by atoms with Crippen molar-refractivity contribution >= 4 is 35.2 Å². The van der Waals surface area contributed by atoms with E-state index >= 15 is 0 Å². The molecule has 1 rings (SSSR count). The highest BCUT2D eigenvalue weighted by atomic mass is 35.5. The summed E-state index contributed by atoms with van der Waals surface area (Å²) in [4.78, 5) is 25.3. The molecule has 140 valence electrons. The van der Waals surface area contributed by atoms with Crippen molar-refractivity contribution in [3.63, 3.8) is 0 Å². The van der Waals surface area contributed by atoms with Gasteiger partial charge in [-0.05, 0) is 39.0 Å². The Labute approximate surface area is 154 Å². The summed E-state index contributed by atoms with van der Waals surface area (Å²) in [5.74, 6) is -0.755. The van der Waals surface area contributed by atoms with Gasteiger partial charge in [0.15, 0.2) is 0 Å². The van der Waals surface area contributed by atoms with Gasteiger partial charge in [0.05, 0.1) is 22.9 Å². The second kappa shape index (κ2) is 8.31. The van der Waals surface area contributed by atoms with E-state index in [1.165, 1.54) is 18.0 Å². The largest absolute Gasteiger partial charge is 0.417 e. The van der Waals surface area contributed by atoms with Gasteiger partial charge in [0.1, 0.15) is 0 Å². The molecule has 0 saturated heterocycles. The van der Waals surface area contributed by atoms with Crippen LogP contribution in [0.4, 0.5) is 13.2 Å². The van der Waals surface area contributed by atoms with Gasteiger partial charge in [-0.3, -0.25) is 9.59 Å². The Morgan fingerprint density at radius 1 is 1.24 bits per heavy atom. The van der Waals surface area contributed by atoms with E-state index < -0.39 is 17.3 Å². The fraction of sp³-hybridized carbons (Fsp3) is 0.500. The molecule has 1 N–H and O–H groups in total. The van der Waals surface area contributed by atoms with Crippen molar-refractivity contribution in [2.45, 2.75) is 37.4 Å². The van der Waals surface area contributed by atoms with Crippen LogP contribution in [-0.2, 0) is 15.8 Å². The molecule has 2 amide bonds. The molecule has 1 aromatic rings. The van der Waals surface area contributed by atoms with Crippen molar-refractivity contribution < 1.29 is 22.8 Å². The highest BCUT2D eigenvalue weighted by molar-refractivity contribution is 8.00. The van der Waals surface area contributed by atoms with Gasteiger partial charge in [-0.15, -0.1) is 11.8 Å². The number of alkyl halides is 3. The van der Waals surface area contributed by atoms with Crippen LogP contribution in [0.2, 0.25) is 5.02 Å². The number of likely N-dealkylation sites (N-methyl/N-ethyl adjacent to an activating group) is 1. The highest BCUT2D eigenvalue weighted by Crippen LogP contribution is 2.36. The quantitative estimate of drug-likeness (QED) is 0.770. The predicted octanol–water partition coefficient (Wildman–Crippen LogP) is 3.82. The average molecular weight is 397 g/mol. The molecule has 0 atom stereocenters. The molecule has 4 nitrogen and oxygen atoms in total. The van der Waals surface area contributed by atoms with Crippen molar-refractivity contribution in [2.75, 3.05) is 19.3 Å². The Bertz CT molecular complexity index is 645. The summed E-state index contributed by atoms with van der Waals surface area (Å²) in [6.07, 6.45) is -4.56. The van der Waals surface area contributed by atoms with Crippen LogP contribution in [0.1, 0.15) is 26.3 Å². The van der Waals surface area contributed by atoms with Gasteiger partial charge in [-0.1, -0.05) is 11.6 Å². The number of nitrogens with one attached hydrogen (secondary N) is 1. The molecule has 25 heavy (non-hydrogen) atoms. The maximum absolute atomic E-state index is 12.8. The molecule has 1 aromatic carbocycles. The number of hydrogen-bond donors (Lipinski definition) is 1. The van der Waals surface area contributed by atoms with E-state index in [0.29, 0.717) is 0 Å². The Morgan fingerprint density at radius 3 is 2.36 bits per heavy atom. The molecular weight excluding hydrogens is 377 g/mol. The van der Waals surface area contributed by atoms with E-state index in [4.69, 9.17) is 11.6 Å². The Morgan fingerprint density at radius 2 is 1.84 bits per heavy atom. The lowest BCUT2D eigenvalue weighted by molar-refractivity contribution is -0.137. The average Bonchev–Trinajstić information content (AvgIpc) is 2.42. The number of carbonyl (C=O) groups is 2. The van der Waals surface area contributed by atoms with Crippen LogP contribution >= 0.6 is 23.4 Å². The monoisotopic (exact) mass is 396 g/mol. The number of halogens is 4. The zero-order valence-electron chi connectivity index (χ0n) is 14.3. The lowest BCUT2D eigenvalue weighted by atomic mass is 10.1. The molecule has 0 fully saturated rings. The van der Waals surface area contributed by atoms with Crippen LogP contribution in [0.15, 0.2) is 23.1 Å². The Hall–Kier alpha value is -1.41. The first kappa shape index (κ1) is 21.6.